The average molecular weight is 410 g/mol. The minimum atomic E-state index is -0.666. The predicted octanol–water partition coefficient (Wildman–Crippen LogP) is 2.36. The van der Waals surface area contributed by atoms with Gasteiger partial charge in [0.05, 0.1) is 38.1 Å². The Morgan fingerprint density at radius 3 is 2.90 bits per heavy atom. The fourth-order valence-electron chi connectivity index (χ4n) is 4.65. The molecule has 0 aliphatic carbocycles. The minimum Gasteiger partial charge on any atom is -0.497 e. The van der Waals surface area contributed by atoms with E-state index >= 15 is 0 Å². The van der Waals surface area contributed by atoms with Gasteiger partial charge in [-0.15, -0.1) is 11.3 Å². The van der Waals surface area contributed by atoms with Crippen molar-refractivity contribution in [3.63, 3.8) is 0 Å². The summed E-state index contributed by atoms with van der Waals surface area (Å²) in [4.78, 5) is 29.2. The molecule has 2 fully saturated rings. The van der Waals surface area contributed by atoms with E-state index in [4.69, 9.17) is 9.47 Å². The Morgan fingerprint density at radius 2 is 2.17 bits per heavy atom. The van der Waals surface area contributed by atoms with Gasteiger partial charge in [0.25, 0.3) is 0 Å². The predicted molar refractivity (Wildman–Crippen MR) is 108 cm³/mol. The van der Waals surface area contributed by atoms with Crippen LogP contribution in [0.3, 0.4) is 0 Å². The highest BCUT2D eigenvalue weighted by atomic mass is 32.1. The summed E-state index contributed by atoms with van der Waals surface area (Å²) < 4.78 is 11.3. The van der Waals surface area contributed by atoms with Crippen LogP contribution in [0.4, 0.5) is 0 Å². The molecule has 1 N–H and O–H groups in total. The van der Waals surface area contributed by atoms with E-state index in [2.05, 4.69) is 5.32 Å². The highest BCUT2D eigenvalue weighted by molar-refractivity contribution is 7.09. The number of fused-ring (bicyclic) bond motifs is 1. The number of hydrogen-bond donors (Lipinski definition) is 1. The zero-order valence-electron chi connectivity index (χ0n) is 16.0. The van der Waals surface area contributed by atoms with Gasteiger partial charge in [-0.25, -0.2) is 0 Å². The molecule has 0 unspecified atom stereocenters. The largest absolute Gasteiger partial charge is 0.497 e. The topological polar surface area (TPSA) is 67.9 Å². The van der Waals surface area contributed by atoms with E-state index in [-0.39, 0.29) is 17.9 Å². The Labute approximate surface area is 173 Å². The lowest BCUT2D eigenvalue weighted by molar-refractivity contribution is -0.137. The quantitative estimate of drug-likeness (QED) is 0.743. The molecule has 1 aromatic carbocycles. The Morgan fingerprint density at radius 1 is 1.34 bits per heavy atom. The van der Waals surface area contributed by atoms with Crippen LogP contribution >= 0.6 is 11.3 Å². The van der Waals surface area contributed by atoms with Gasteiger partial charge in [-0.2, -0.15) is 0 Å². The van der Waals surface area contributed by atoms with Crippen molar-refractivity contribution in [2.24, 2.45) is 11.8 Å². The number of amides is 2. The number of likely N-dealkylation sites (tertiary alicyclic amines) is 1. The first kappa shape index (κ1) is 18.4. The summed E-state index contributed by atoms with van der Waals surface area (Å²) in [6.07, 6.45) is 3.60. The molecule has 4 heterocycles. The van der Waals surface area contributed by atoms with Crippen molar-refractivity contribution >= 4 is 23.2 Å². The second-order valence-corrected chi connectivity index (χ2v) is 8.77. The van der Waals surface area contributed by atoms with Crippen molar-refractivity contribution in [2.45, 2.75) is 24.8 Å². The lowest BCUT2D eigenvalue weighted by Crippen LogP contribution is -2.43. The fraction of sp³-hybridized carbons (Fsp3) is 0.364. The summed E-state index contributed by atoms with van der Waals surface area (Å²) in [5.41, 5.74) is 0.312. The molecule has 1 spiro atoms. The molecule has 3 aliphatic rings. The van der Waals surface area contributed by atoms with Crippen LogP contribution in [-0.2, 0) is 27.4 Å². The van der Waals surface area contributed by atoms with Crippen LogP contribution in [-0.4, -0.2) is 42.1 Å². The molecule has 2 bridgehead atoms. The van der Waals surface area contributed by atoms with Crippen LogP contribution < -0.4 is 10.1 Å². The van der Waals surface area contributed by atoms with Crippen molar-refractivity contribution in [2.75, 3.05) is 13.7 Å². The summed E-state index contributed by atoms with van der Waals surface area (Å²) in [6.45, 7) is 1.48. The lowest BCUT2D eigenvalue weighted by atomic mass is 9.77. The molecule has 7 heteroatoms. The Hall–Kier alpha value is -2.64. The van der Waals surface area contributed by atoms with Crippen molar-refractivity contribution < 1.29 is 19.1 Å². The zero-order chi connectivity index (χ0) is 20.0. The molecular weight excluding hydrogens is 388 g/mol. The molecule has 29 heavy (non-hydrogen) atoms. The third-order valence-corrected chi connectivity index (χ3v) is 6.90. The number of thiophene rings is 1. The zero-order valence-corrected chi connectivity index (χ0v) is 16.9. The lowest BCUT2D eigenvalue weighted by Gasteiger charge is -2.23. The van der Waals surface area contributed by atoms with E-state index in [1.54, 1.807) is 18.4 Å². The van der Waals surface area contributed by atoms with Crippen molar-refractivity contribution in [1.82, 2.24) is 10.2 Å². The van der Waals surface area contributed by atoms with Gasteiger partial charge in [-0.1, -0.05) is 30.4 Å². The first-order valence-corrected chi connectivity index (χ1v) is 10.6. The van der Waals surface area contributed by atoms with E-state index in [0.717, 1.165) is 16.2 Å². The van der Waals surface area contributed by atoms with E-state index in [9.17, 15) is 9.59 Å². The standard InChI is InChI=1S/C22H22N2O4S/c1-27-15-6-4-14(5-7-15)11-23-20(25)18-17-8-9-22(28-17)13-24(21(26)19(18)22)12-16-3-2-10-29-16/h2-10,17-19H,11-13H2,1H3,(H,23,25)/t17-,18-,19-,22-/m0/s1. The van der Waals surface area contributed by atoms with Crippen LogP contribution in [0.5, 0.6) is 5.75 Å². The maximum Gasteiger partial charge on any atom is 0.230 e. The van der Waals surface area contributed by atoms with E-state index in [1.807, 2.05) is 58.8 Å². The van der Waals surface area contributed by atoms with Crippen LogP contribution in [0.2, 0.25) is 0 Å². The van der Waals surface area contributed by atoms with Gasteiger partial charge in [-0.3, -0.25) is 9.59 Å². The van der Waals surface area contributed by atoms with E-state index in [0.29, 0.717) is 19.6 Å². The van der Waals surface area contributed by atoms with Crippen molar-refractivity contribution in [1.29, 1.82) is 0 Å². The summed E-state index contributed by atoms with van der Waals surface area (Å²) in [7, 11) is 1.62. The maximum absolute atomic E-state index is 13.2. The van der Waals surface area contributed by atoms with Gasteiger partial charge in [-0.05, 0) is 29.1 Å². The molecule has 5 rings (SSSR count). The smallest absolute Gasteiger partial charge is 0.230 e. The second-order valence-electron chi connectivity index (χ2n) is 7.74. The number of rotatable bonds is 6. The first-order valence-electron chi connectivity index (χ1n) is 9.69. The van der Waals surface area contributed by atoms with Gasteiger partial charge in [0.2, 0.25) is 11.8 Å². The van der Waals surface area contributed by atoms with E-state index < -0.39 is 17.4 Å². The van der Waals surface area contributed by atoms with Gasteiger partial charge >= 0.3 is 0 Å². The minimum absolute atomic E-state index is 0.00912. The highest BCUT2D eigenvalue weighted by Crippen LogP contribution is 2.52. The number of methoxy groups -OCH3 is 1. The van der Waals surface area contributed by atoms with Crippen LogP contribution in [0, 0.1) is 11.8 Å². The second kappa shape index (κ2) is 7.00. The van der Waals surface area contributed by atoms with Crippen LogP contribution in [0.25, 0.3) is 0 Å². The summed E-state index contributed by atoms with van der Waals surface area (Å²) in [5.74, 6) is -0.285. The molecule has 6 nitrogen and oxygen atoms in total. The Kier molecular flexibility index (Phi) is 4.44. The number of carbonyl (C=O) groups excluding carboxylic acids is 2. The molecular formula is C22H22N2O4S. The average Bonchev–Trinajstić information content (AvgIpc) is 3.50. The molecule has 2 saturated heterocycles. The SMILES string of the molecule is COc1ccc(CNC(=O)[C@H]2[C@@H]3C=C[C@@]4(CN(Cc5cccs5)C(=O)[C@H]24)O3)cc1. The van der Waals surface area contributed by atoms with Crippen LogP contribution in [0.15, 0.2) is 53.9 Å². The molecule has 0 saturated carbocycles. The molecule has 4 atom stereocenters. The molecule has 1 aromatic heterocycles. The third kappa shape index (κ3) is 3.05. The molecule has 3 aliphatic heterocycles. The molecule has 2 aromatic rings. The number of nitrogens with zero attached hydrogens (tertiary/aromatic N) is 1. The number of nitrogens with one attached hydrogen (secondary N) is 1. The third-order valence-electron chi connectivity index (χ3n) is 6.03. The first-order chi connectivity index (χ1) is 14.1. The summed E-state index contributed by atoms with van der Waals surface area (Å²) in [5, 5.41) is 5.00. The van der Waals surface area contributed by atoms with Gasteiger partial charge in [0, 0.05) is 11.4 Å². The number of ether oxygens (including phenoxy) is 2. The van der Waals surface area contributed by atoms with Crippen LogP contribution in [0.1, 0.15) is 10.4 Å². The van der Waals surface area contributed by atoms with Gasteiger partial charge < -0.3 is 19.7 Å². The van der Waals surface area contributed by atoms with Crippen molar-refractivity contribution in [3.8, 4) is 5.75 Å². The Balaban J connectivity index is 1.29. The monoisotopic (exact) mass is 410 g/mol. The summed E-state index contributed by atoms with van der Waals surface area (Å²) >= 11 is 1.63. The summed E-state index contributed by atoms with van der Waals surface area (Å²) in [6, 6.07) is 11.6. The van der Waals surface area contributed by atoms with Gasteiger partial charge in [0.1, 0.15) is 11.4 Å². The molecule has 2 amide bonds. The fourth-order valence-corrected chi connectivity index (χ4v) is 5.37. The van der Waals surface area contributed by atoms with Gasteiger partial charge in [0.15, 0.2) is 0 Å². The van der Waals surface area contributed by atoms with Crippen molar-refractivity contribution in [3.05, 3.63) is 64.4 Å². The Bertz CT molecular complexity index is 956. The number of benzene rings is 1. The highest BCUT2D eigenvalue weighted by Gasteiger charge is 2.66. The maximum atomic E-state index is 13.2. The van der Waals surface area contributed by atoms with E-state index in [1.165, 1.54) is 0 Å². The molecule has 0 radical (unpaired) electrons. The number of carbonyl (C=O) groups is 2. The molecule has 150 valence electrons. The normalized spacial score (nSPS) is 29.3. The number of hydrogen-bond acceptors (Lipinski definition) is 5.